The van der Waals surface area contributed by atoms with Gasteiger partial charge >= 0.3 is 0 Å². The van der Waals surface area contributed by atoms with Crippen molar-refractivity contribution in [1.82, 2.24) is 15.3 Å². The van der Waals surface area contributed by atoms with Crippen molar-refractivity contribution in [1.29, 1.82) is 0 Å². The Morgan fingerprint density at radius 1 is 1.53 bits per heavy atom. The van der Waals surface area contributed by atoms with Crippen molar-refractivity contribution < 1.29 is 4.21 Å². The number of hydrogen-bond donors (Lipinski definition) is 1. The molecule has 1 aliphatic heterocycles. The smallest absolute Gasteiger partial charge is 0.133 e. The monoisotopic (exact) mass is 267 g/mol. The fourth-order valence-corrected chi connectivity index (χ4v) is 2.94. The van der Waals surface area contributed by atoms with E-state index in [9.17, 15) is 4.21 Å². The maximum atomic E-state index is 11.9. The molecule has 1 aliphatic rings. The molecule has 1 fully saturated rings. The summed E-state index contributed by atoms with van der Waals surface area (Å²) in [6, 6.07) is 1.57. The quantitative estimate of drug-likeness (QED) is 0.814. The Morgan fingerprint density at radius 3 is 2.93 bits per heavy atom. The Balaban J connectivity index is 0.00000112. The average molecular weight is 268 g/mol. The van der Waals surface area contributed by atoms with E-state index >= 15 is 0 Å². The summed E-state index contributed by atoms with van der Waals surface area (Å²) in [6.45, 7) is 1.71. The second-order valence-corrected chi connectivity index (χ2v) is 5.16. The molecule has 1 aromatic rings. The van der Waals surface area contributed by atoms with Crippen LogP contribution in [0.1, 0.15) is 6.42 Å². The summed E-state index contributed by atoms with van der Waals surface area (Å²) >= 11 is 5.69. The summed E-state index contributed by atoms with van der Waals surface area (Å²) in [4.78, 5) is 7.71. The van der Waals surface area contributed by atoms with Gasteiger partial charge in [-0.3, -0.25) is 4.21 Å². The number of rotatable bonds is 2. The van der Waals surface area contributed by atoms with Crippen LogP contribution in [0, 0.1) is 0 Å². The van der Waals surface area contributed by atoms with E-state index in [-0.39, 0.29) is 17.7 Å². The van der Waals surface area contributed by atoms with Gasteiger partial charge in [-0.2, -0.15) is 0 Å². The number of nitrogens with one attached hydrogen (secondary N) is 1. The lowest BCUT2D eigenvalue weighted by atomic mass is 10.4. The number of nitrogens with zero attached hydrogens (tertiary/aromatic N) is 2. The van der Waals surface area contributed by atoms with E-state index in [1.54, 1.807) is 6.07 Å². The van der Waals surface area contributed by atoms with E-state index in [0.29, 0.717) is 10.2 Å². The first-order valence-corrected chi connectivity index (χ1v) is 5.95. The van der Waals surface area contributed by atoms with Crippen molar-refractivity contribution in [3.05, 3.63) is 17.5 Å². The number of hydrogen-bond acceptors (Lipinski definition) is 4. The molecule has 2 heterocycles. The third-order valence-electron chi connectivity index (χ3n) is 2.13. The van der Waals surface area contributed by atoms with Crippen molar-refractivity contribution in [2.75, 3.05) is 13.1 Å². The first kappa shape index (κ1) is 12.8. The van der Waals surface area contributed by atoms with Crippen LogP contribution >= 0.6 is 24.0 Å². The highest BCUT2D eigenvalue weighted by Crippen LogP contribution is 2.15. The molecule has 84 valence electrons. The molecule has 2 rings (SSSR count). The van der Waals surface area contributed by atoms with E-state index in [2.05, 4.69) is 15.3 Å². The van der Waals surface area contributed by atoms with Crippen LogP contribution in [0.4, 0.5) is 0 Å². The van der Waals surface area contributed by atoms with Gasteiger partial charge in [-0.25, -0.2) is 9.97 Å². The highest BCUT2D eigenvalue weighted by molar-refractivity contribution is 7.85. The predicted octanol–water partition coefficient (Wildman–Crippen LogP) is 1.02. The van der Waals surface area contributed by atoms with Gasteiger partial charge in [0.1, 0.15) is 16.5 Å². The zero-order valence-corrected chi connectivity index (χ0v) is 10.2. The Kier molecular flexibility index (Phi) is 4.92. The molecule has 1 unspecified atom stereocenters. The topological polar surface area (TPSA) is 54.9 Å². The van der Waals surface area contributed by atoms with Crippen LogP contribution in [0.15, 0.2) is 17.4 Å². The largest absolute Gasteiger partial charge is 0.315 e. The number of aromatic nitrogens is 2. The molecule has 1 saturated heterocycles. The molecule has 7 heteroatoms. The average Bonchev–Trinajstić information content (AvgIpc) is 2.69. The van der Waals surface area contributed by atoms with Crippen LogP contribution in [0.5, 0.6) is 0 Å². The van der Waals surface area contributed by atoms with Gasteiger partial charge in [-0.1, -0.05) is 11.6 Å². The van der Waals surface area contributed by atoms with Crippen LogP contribution in [0.3, 0.4) is 0 Å². The van der Waals surface area contributed by atoms with Gasteiger partial charge in [0.05, 0.1) is 16.0 Å². The highest BCUT2D eigenvalue weighted by atomic mass is 35.5. The Morgan fingerprint density at radius 2 is 2.33 bits per heavy atom. The van der Waals surface area contributed by atoms with E-state index in [0.717, 1.165) is 19.5 Å². The fourth-order valence-electron chi connectivity index (χ4n) is 1.41. The standard InChI is InChI=1S/C8H10ClN3OS.ClH/c9-7-3-8(12-5-11-7)14(13)6-1-2-10-4-6;/h3,5-6,10H,1-2,4H2;1H/t6-,14?;/m0./s1. The summed E-state index contributed by atoms with van der Waals surface area (Å²) in [5, 5.41) is 4.19. The third-order valence-corrected chi connectivity index (χ3v) is 3.98. The molecule has 0 spiro atoms. The van der Waals surface area contributed by atoms with Gasteiger partial charge in [0.15, 0.2) is 0 Å². The fraction of sp³-hybridized carbons (Fsp3) is 0.500. The summed E-state index contributed by atoms with van der Waals surface area (Å²) < 4.78 is 11.9. The lowest BCUT2D eigenvalue weighted by Crippen LogP contribution is -2.19. The van der Waals surface area contributed by atoms with Crippen LogP contribution in [-0.4, -0.2) is 32.5 Å². The lowest BCUT2D eigenvalue weighted by molar-refractivity contribution is 0.669. The lowest BCUT2D eigenvalue weighted by Gasteiger charge is -2.06. The molecule has 15 heavy (non-hydrogen) atoms. The van der Waals surface area contributed by atoms with Crippen LogP contribution in [0.2, 0.25) is 5.15 Å². The second-order valence-electron chi connectivity index (χ2n) is 3.09. The van der Waals surface area contributed by atoms with Crippen molar-refractivity contribution in [3.8, 4) is 0 Å². The minimum Gasteiger partial charge on any atom is -0.315 e. The normalized spacial score (nSPS) is 22.1. The van der Waals surface area contributed by atoms with Crippen LogP contribution < -0.4 is 5.32 Å². The summed E-state index contributed by atoms with van der Waals surface area (Å²) in [7, 11) is -1.07. The zero-order valence-electron chi connectivity index (χ0n) is 7.85. The second kappa shape index (κ2) is 5.75. The summed E-state index contributed by atoms with van der Waals surface area (Å²) in [6.07, 6.45) is 2.27. The minimum absolute atomic E-state index is 0. The molecular formula is C8H11Cl2N3OS. The maximum absolute atomic E-state index is 11.9. The molecule has 0 aliphatic carbocycles. The molecule has 4 nitrogen and oxygen atoms in total. The van der Waals surface area contributed by atoms with E-state index < -0.39 is 10.8 Å². The molecule has 2 atom stereocenters. The molecule has 1 N–H and O–H groups in total. The maximum Gasteiger partial charge on any atom is 0.133 e. The molecule has 0 aromatic carbocycles. The summed E-state index contributed by atoms with van der Waals surface area (Å²) in [5.74, 6) is 0. The van der Waals surface area contributed by atoms with E-state index in [1.165, 1.54) is 6.33 Å². The van der Waals surface area contributed by atoms with E-state index in [1.807, 2.05) is 0 Å². The molecule has 1 aromatic heterocycles. The van der Waals surface area contributed by atoms with Crippen LogP contribution in [0.25, 0.3) is 0 Å². The minimum atomic E-state index is -1.07. The third kappa shape index (κ3) is 3.11. The number of halogens is 2. The Bertz CT molecular complexity index is 357. The summed E-state index contributed by atoms with van der Waals surface area (Å²) in [5.41, 5.74) is 0. The van der Waals surface area contributed by atoms with Crippen molar-refractivity contribution >= 4 is 34.8 Å². The van der Waals surface area contributed by atoms with Crippen molar-refractivity contribution in [2.45, 2.75) is 16.7 Å². The van der Waals surface area contributed by atoms with Gasteiger partial charge in [-0.05, 0) is 13.0 Å². The molecular weight excluding hydrogens is 257 g/mol. The molecule has 0 amide bonds. The molecule has 0 saturated carbocycles. The van der Waals surface area contributed by atoms with Gasteiger partial charge in [0, 0.05) is 12.6 Å². The first-order chi connectivity index (χ1) is 6.77. The van der Waals surface area contributed by atoms with Crippen molar-refractivity contribution in [3.63, 3.8) is 0 Å². The Hall–Kier alpha value is -0.230. The highest BCUT2D eigenvalue weighted by Gasteiger charge is 2.23. The first-order valence-electron chi connectivity index (χ1n) is 4.36. The molecule has 0 radical (unpaired) electrons. The van der Waals surface area contributed by atoms with Crippen molar-refractivity contribution in [2.24, 2.45) is 0 Å². The van der Waals surface area contributed by atoms with Gasteiger partial charge in [-0.15, -0.1) is 12.4 Å². The van der Waals surface area contributed by atoms with Gasteiger partial charge in [0.25, 0.3) is 0 Å². The molecule has 0 bridgehead atoms. The predicted molar refractivity (Wildman–Crippen MR) is 62.0 cm³/mol. The van der Waals surface area contributed by atoms with Gasteiger partial charge in [0.2, 0.25) is 0 Å². The zero-order chi connectivity index (χ0) is 9.97. The van der Waals surface area contributed by atoms with Gasteiger partial charge < -0.3 is 5.32 Å². The Labute approximate surface area is 102 Å². The van der Waals surface area contributed by atoms with E-state index in [4.69, 9.17) is 11.6 Å². The SMILES string of the molecule is Cl.O=S(c1cc(Cl)ncn1)[C@H]1CCNC1. The van der Waals surface area contributed by atoms with Crippen LogP contribution in [-0.2, 0) is 10.8 Å².